The highest BCUT2D eigenvalue weighted by Crippen LogP contribution is 2.51. The summed E-state index contributed by atoms with van der Waals surface area (Å²) in [6, 6.07) is 14.9. The van der Waals surface area contributed by atoms with Crippen LogP contribution in [0.15, 0.2) is 65.3 Å². The molecular formula is C37H45FN2O4. The van der Waals surface area contributed by atoms with Crippen LogP contribution >= 0.6 is 0 Å². The van der Waals surface area contributed by atoms with Gasteiger partial charge in [-0.2, -0.15) is 0 Å². The summed E-state index contributed by atoms with van der Waals surface area (Å²) in [4.78, 5) is 32.0. The molecule has 1 aliphatic carbocycles. The summed E-state index contributed by atoms with van der Waals surface area (Å²) in [6.45, 7) is 7.42. The number of likely N-dealkylation sites (tertiary alicyclic amines) is 2. The largest absolute Gasteiger partial charge is 0.505 e. The average molecular weight is 601 g/mol. The summed E-state index contributed by atoms with van der Waals surface area (Å²) in [7, 11) is 0. The van der Waals surface area contributed by atoms with Crippen molar-refractivity contribution in [2.24, 2.45) is 17.8 Å². The summed E-state index contributed by atoms with van der Waals surface area (Å²) in [5.74, 6) is -1.51. The number of phenols is 1. The molecule has 1 N–H and O–H groups in total. The number of phenolic OH excluding ortho intramolecular Hbond substituents is 1. The average Bonchev–Trinajstić information content (AvgIpc) is 3.56. The van der Waals surface area contributed by atoms with Crippen molar-refractivity contribution in [2.45, 2.75) is 83.9 Å². The van der Waals surface area contributed by atoms with Crippen LogP contribution in [0.1, 0.15) is 76.3 Å². The van der Waals surface area contributed by atoms with Crippen molar-refractivity contribution in [3.8, 4) is 5.75 Å². The van der Waals surface area contributed by atoms with Crippen LogP contribution in [0, 0.1) is 23.6 Å². The Morgan fingerprint density at radius 2 is 1.82 bits per heavy atom. The van der Waals surface area contributed by atoms with Gasteiger partial charge in [-0.3, -0.25) is 19.4 Å². The molecule has 2 amide bonds. The van der Waals surface area contributed by atoms with E-state index in [-0.39, 0.29) is 47.5 Å². The van der Waals surface area contributed by atoms with Gasteiger partial charge in [-0.25, -0.2) is 4.39 Å². The number of nitrogens with zero attached hydrogens (tertiary/aromatic N) is 2. The number of carbonyl (C=O) groups is 2. The molecule has 0 saturated carbocycles. The van der Waals surface area contributed by atoms with Crippen LogP contribution in [0.25, 0.3) is 6.08 Å². The van der Waals surface area contributed by atoms with E-state index in [1.165, 1.54) is 34.4 Å². The standard InChI is InChI=1S/C37H45FN2O4/c1-3-8-27-21-29-35(37(43)40(36(29)42)28-15-17-39(18-16-28)22-25-9-6-5-7-10-25)30-23-44-33(34(27)30)14-12-24(4-2)19-26-11-13-32(41)31(38)20-26/h5-7,9-11,13,19-20,28-30,33,35,41H,3-4,8,12,14-18,21-23H2,1-2H3/b24-19+/t29-,30+,33-,35-/m1/s1. The first-order valence-electron chi connectivity index (χ1n) is 16.5. The van der Waals surface area contributed by atoms with E-state index in [1.807, 2.05) is 12.1 Å². The fraction of sp³-hybridized carbons (Fsp3) is 0.514. The number of piperidine rings is 1. The fourth-order valence-corrected chi connectivity index (χ4v) is 8.09. The Bertz CT molecular complexity index is 1430. The molecule has 2 aromatic carbocycles. The third-order valence-electron chi connectivity index (χ3n) is 10.3. The minimum absolute atomic E-state index is 0.0207. The van der Waals surface area contributed by atoms with E-state index < -0.39 is 5.82 Å². The lowest BCUT2D eigenvalue weighted by Crippen LogP contribution is -2.47. The quantitative estimate of drug-likeness (QED) is 0.238. The van der Waals surface area contributed by atoms with E-state index in [2.05, 4.69) is 43.0 Å². The SMILES string of the molecule is CCCC1=C2[C@@H](CC/C(=C/c3ccc(O)c(F)c3)CC)OC[C@@H]2[C@@H]2C(=O)N(C3CCN(Cc4ccccc4)CC3)C(=O)[C@@H]2C1. The lowest BCUT2D eigenvalue weighted by molar-refractivity contribution is -0.144. The molecule has 3 heterocycles. The van der Waals surface area contributed by atoms with Crippen LogP contribution in [0.2, 0.25) is 0 Å². The molecule has 6 nitrogen and oxygen atoms in total. The monoisotopic (exact) mass is 600 g/mol. The Balaban J connectivity index is 1.14. The molecule has 2 aromatic rings. The van der Waals surface area contributed by atoms with E-state index in [0.29, 0.717) is 13.0 Å². The van der Waals surface area contributed by atoms with Crippen LogP contribution in [-0.2, 0) is 20.9 Å². The van der Waals surface area contributed by atoms with Crippen molar-refractivity contribution in [3.05, 3.63) is 82.2 Å². The molecule has 3 fully saturated rings. The highest BCUT2D eigenvalue weighted by molar-refractivity contribution is 6.06. The molecular weight excluding hydrogens is 555 g/mol. The first kappa shape index (κ1) is 30.7. The van der Waals surface area contributed by atoms with Crippen molar-refractivity contribution in [1.82, 2.24) is 9.80 Å². The van der Waals surface area contributed by atoms with Crippen molar-refractivity contribution < 1.29 is 23.8 Å². The Hall–Kier alpha value is -3.29. The molecule has 0 spiro atoms. The number of imide groups is 1. The maximum absolute atomic E-state index is 14.1. The number of hydrogen-bond donors (Lipinski definition) is 1. The minimum atomic E-state index is -0.621. The van der Waals surface area contributed by atoms with Gasteiger partial charge in [0.1, 0.15) is 0 Å². The fourth-order valence-electron chi connectivity index (χ4n) is 8.09. The van der Waals surface area contributed by atoms with E-state index in [0.717, 1.165) is 70.1 Å². The Morgan fingerprint density at radius 3 is 2.52 bits per heavy atom. The zero-order valence-electron chi connectivity index (χ0n) is 26.0. The lowest BCUT2D eigenvalue weighted by Gasteiger charge is -2.36. The van der Waals surface area contributed by atoms with Crippen molar-refractivity contribution in [3.63, 3.8) is 0 Å². The molecule has 4 atom stereocenters. The summed E-state index contributed by atoms with van der Waals surface area (Å²) in [6.07, 6.45) is 8.60. The number of aromatic hydroxyl groups is 1. The highest BCUT2D eigenvalue weighted by Gasteiger charge is 2.58. The maximum Gasteiger partial charge on any atom is 0.234 e. The number of allylic oxidation sites excluding steroid dienone is 2. The molecule has 0 unspecified atom stereocenters. The van der Waals surface area contributed by atoms with Gasteiger partial charge >= 0.3 is 0 Å². The van der Waals surface area contributed by atoms with Crippen LogP contribution in [-0.4, -0.2) is 58.6 Å². The molecule has 0 aromatic heterocycles. The van der Waals surface area contributed by atoms with Gasteiger partial charge in [0.15, 0.2) is 11.6 Å². The highest BCUT2D eigenvalue weighted by atomic mass is 19.1. The van der Waals surface area contributed by atoms with Gasteiger partial charge in [-0.15, -0.1) is 0 Å². The van der Waals surface area contributed by atoms with E-state index in [9.17, 15) is 19.1 Å². The van der Waals surface area contributed by atoms with Crippen LogP contribution < -0.4 is 0 Å². The van der Waals surface area contributed by atoms with Gasteiger partial charge in [0.25, 0.3) is 0 Å². The third-order valence-corrected chi connectivity index (χ3v) is 10.3. The second-order valence-electron chi connectivity index (χ2n) is 13.0. The Kier molecular flexibility index (Phi) is 9.34. The molecule has 44 heavy (non-hydrogen) atoms. The van der Waals surface area contributed by atoms with E-state index in [4.69, 9.17) is 4.74 Å². The molecule has 3 saturated heterocycles. The van der Waals surface area contributed by atoms with E-state index >= 15 is 0 Å². The number of ether oxygens (including phenoxy) is 1. The molecule has 3 aliphatic heterocycles. The predicted molar refractivity (Wildman–Crippen MR) is 169 cm³/mol. The minimum Gasteiger partial charge on any atom is -0.505 e. The second kappa shape index (κ2) is 13.4. The Labute approximate surface area is 260 Å². The molecule has 234 valence electrons. The molecule has 4 aliphatic rings. The summed E-state index contributed by atoms with van der Waals surface area (Å²) < 4.78 is 20.3. The zero-order valence-corrected chi connectivity index (χ0v) is 26.0. The number of fused-ring (bicyclic) bond motifs is 3. The molecule has 6 rings (SSSR count). The summed E-state index contributed by atoms with van der Waals surface area (Å²) in [5.41, 5.74) is 5.81. The van der Waals surface area contributed by atoms with Crippen molar-refractivity contribution in [1.29, 1.82) is 0 Å². The number of hydrogen-bond acceptors (Lipinski definition) is 5. The molecule has 0 radical (unpaired) electrons. The maximum atomic E-state index is 14.1. The Morgan fingerprint density at radius 1 is 1.05 bits per heavy atom. The normalized spacial score (nSPS) is 26.4. The zero-order chi connectivity index (χ0) is 30.8. The topological polar surface area (TPSA) is 70.1 Å². The van der Waals surface area contributed by atoms with Gasteiger partial charge in [0, 0.05) is 31.6 Å². The van der Waals surface area contributed by atoms with Crippen LogP contribution in [0.3, 0.4) is 0 Å². The number of halogens is 1. The van der Waals surface area contributed by atoms with Crippen LogP contribution in [0.4, 0.5) is 4.39 Å². The first-order chi connectivity index (χ1) is 21.4. The second-order valence-corrected chi connectivity index (χ2v) is 13.0. The van der Waals surface area contributed by atoms with Crippen molar-refractivity contribution >= 4 is 17.9 Å². The first-order valence-corrected chi connectivity index (χ1v) is 16.5. The van der Waals surface area contributed by atoms with Gasteiger partial charge in [0.2, 0.25) is 11.8 Å². The van der Waals surface area contributed by atoms with Crippen LogP contribution in [0.5, 0.6) is 5.75 Å². The van der Waals surface area contributed by atoms with Gasteiger partial charge in [-0.05, 0) is 73.8 Å². The molecule has 7 heteroatoms. The number of benzene rings is 2. The number of carbonyl (C=O) groups excluding carboxylic acids is 2. The number of rotatable bonds is 10. The third kappa shape index (κ3) is 6.14. The summed E-state index contributed by atoms with van der Waals surface area (Å²) >= 11 is 0. The lowest BCUT2D eigenvalue weighted by atomic mass is 9.68. The predicted octanol–water partition coefficient (Wildman–Crippen LogP) is 6.89. The molecule has 0 bridgehead atoms. The summed E-state index contributed by atoms with van der Waals surface area (Å²) in [5, 5.41) is 9.54. The van der Waals surface area contributed by atoms with Gasteiger partial charge in [0.05, 0.1) is 24.5 Å². The van der Waals surface area contributed by atoms with Crippen molar-refractivity contribution in [2.75, 3.05) is 19.7 Å². The van der Waals surface area contributed by atoms with Gasteiger partial charge < -0.3 is 9.84 Å². The number of amides is 2. The van der Waals surface area contributed by atoms with E-state index in [1.54, 1.807) is 11.0 Å². The smallest absolute Gasteiger partial charge is 0.234 e. The van der Waals surface area contributed by atoms with Gasteiger partial charge in [-0.1, -0.05) is 73.9 Å².